The van der Waals surface area contributed by atoms with Crippen LogP contribution < -0.4 is 10.2 Å². The van der Waals surface area contributed by atoms with Crippen molar-refractivity contribution in [2.24, 2.45) is 7.05 Å². The smallest absolute Gasteiger partial charge is 0.315 e. The topological polar surface area (TPSA) is 50.2 Å². The summed E-state index contributed by atoms with van der Waals surface area (Å²) in [5.74, 6) is 0.0491. The van der Waals surface area contributed by atoms with E-state index in [1.807, 2.05) is 6.07 Å². The Morgan fingerprint density at radius 1 is 1.22 bits per heavy atom. The Bertz CT molecular complexity index is 873. The van der Waals surface area contributed by atoms with Crippen LogP contribution in [0.15, 0.2) is 18.2 Å². The number of aromatic nitrogens is 2. The molecule has 0 saturated heterocycles. The van der Waals surface area contributed by atoms with Gasteiger partial charge in [-0.3, -0.25) is 14.8 Å². The molecule has 0 aliphatic carbocycles. The zero-order valence-corrected chi connectivity index (χ0v) is 15.8. The highest BCUT2D eigenvalue weighted by Gasteiger charge is 2.43. The second kappa shape index (κ2) is 6.99. The van der Waals surface area contributed by atoms with Gasteiger partial charge in [0.2, 0.25) is 5.91 Å². The summed E-state index contributed by atoms with van der Waals surface area (Å²) in [6, 6.07) is 3.65. The number of nitrogens with one attached hydrogen (secondary N) is 1. The van der Waals surface area contributed by atoms with Gasteiger partial charge in [-0.25, -0.2) is 0 Å². The molecule has 1 amide bonds. The molecule has 1 aromatic heterocycles. The molecule has 146 valence electrons. The molecule has 2 heterocycles. The summed E-state index contributed by atoms with van der Waals surface area (Å²) in [4.78, 5) is 13.4. The molecule has 8 heteroatoms. The number of fused-ring (bicyclic) bond motifs is 1. The number of carbonyl (C=O) groups excluding carboxylic acids is 1. The van der Waals surface area contributed by atoms with Crippen LogP contribution in [-0.2, 0) is 24.8 Å². The van der Waals surface area contributed by atoms with Crippen molar-refractivity contribution < 1.29 is 18.0 Å². The molecular weight excluding hydrogens is 357 g/mol. The third kappa shape index (κ3) is 3.71. The van der Waals surface area contributed by atoms with Gasteiger partial charge in [-0.1, -0.05) is 12.1 Å². The minimum atomic E-state index is -4.43. The van der Waals surface area contributed by atoms with Gasteiger partial charge >= 0.3 is 6.18 Å². The van der Waals surface area contributed by atoms with E-state index < -0.39 is 12.2 Å². The largest absolute Gasteiger partial charge is 0.408 e. The second-order valence-corrected chi connectivity index (χ2v) is 6.98. The number of alkyl halides is 3. The van der Waals surface area contributed by atoms with Crippen LogP contribution in [0.5, 0.6) is 0 Å². The molecule has 3 rings (SSSR count). The molecule has 0 unspecified atom stereocenters. The van der Waals surface area contributed by atoms with Crippen molar-refractivity contribution in [3.05, 3.63) is 46.3 Å². The van der Waals surface area contributed by atoms with Crippen LogP contribution in [0.3, 0.4) is 0 Å². The molecule has 5 nitrogen and oxygen atoms in total. The molecule has 0 spiro atoms. The van der Waals surface area contributed by atoms with Gasteiger partial charge in [0.15, 0.2) is 0 Å². The second-order valence-electron chi connectivity index (χ2n) is 6.98. The first-order valence-corrected chi connectivity index (χ1v) is 8.78. The molecule has 1 aliphatic heterocycles. The highest BCUT2D eigenvalue weighted by Crippen LogP contribution is 2.36. The number of hydrogen-bond donors (Lipinski definition) is 1. The van der Waals surface area contributed by atoms with Crippen molar-refractivity contribution in [3.8, 4) is 0 Å². The summed E-state index contributed by atoms with van der Waals surface area (Å²) in [7, 11) is 3.35. The number of hydrogen-bond acceptors (Lipinski definition) is 3. The van der Waals surface area contributed by atoms with Gasteiger partial charge in [-0.15, -0.1) is 0 Å². The van der Waals surface area contributed by atoms with Crippen LogP contribution in [0.25, 0.3) is 0 Å². The average Bonchev–Trinajstić information content (AvgIpc) is 2.83. The minimum Gasteiger partial charge on any atom is -0.315 e. The van der Waals surface area contributed by atoms with E-state index in [0.29, 0.717) is 24.2 Å². The summed E-state index contributed by atoms with van der Waals surface area (Å²) >= 11 is 0. The van der Waals surface area contributed by atoms with Crippen LogP contribution in [-0.4, -0.2) is 28.9 Å². The highest BCUT2D eigenvalue weighted by atomic mass is 19.4. The number of amides is 1. The number of benzene rings is 1. The molecule has 1 atom stereocenters. The number of nitrogens with zero attached hydrogens (tertiary/aromatic N) is 3. The van der Waals surface area contributed by atoms with E-state index in [1.165, 1.54) is 4.68 Å². The standard InChI is InChI=1S/C19H23F3N4O/c1-11-17(12(2)26(4)24-11)18(19(20,21)22)23-10-13-5-7-15-14(9-13)6-8-16(27)25(15)3/h5,7,9,18,23H,6,8,10H2,1-4H3/t18-/m1/s1. The number of carbonyl (C=O) groups is 1. The lowest BCUT2D eigenvalue weighted by atomic mass is 9.98. The maximum Gasteiger partial charge on any atom is 0.408 e. The van der Waals surface area contributed by atoms with E-state index in [4.69, 9.17) is 0 Å². The summed E-state index contributed by atoms with van der Waals surface area (Å²) in [5.41, 5.74) is 3.59. The average molecular weight is 380 g/mol. The molecule has 27 heavy (non-hydrogen) atoms. The van der Waals surface area contributed by atoms with Gasteiger partial charge in [-0.05, 0) is 37.5 Å². The molecular formula is C19H23F3N4O. The van der Waals surface area contributed by atoms with Crippen molar-refractivity contribution in [1.29, 1.82) is 0 Å². The van der Waals surface area contributed by atoms with E-state index in [1.54, 1.807) is 45.0 Å². The molecule has 1 N–H and O–H groups in total. The Balaban J connectivity index is 1.84. The third-order valence-electron chi connectivity index (χ3n) is 5.18. The predicted molar refractivity (Wildman–Crippen MR) is 96.5 cm³/mol. The van der Waals surface area contributed by atoms with E-state index >= 15 is 0 Å². The molecule has 2 aromatic rings. The Morgan fingerprint density at radius 3 is 2.52 bits per heavy atom. The normalized spacial score (nSPS) is 15.8. The first-order valence-electron chi connectivity index (χ1n) is 8.78. The van der Waals surface area contributed by atoms with Crippen molar-refractivity contribution in [1.82, 2.24) is 15.1 Å². The predicted octanol–water partition coefficient (Wildman–Crippen LogP) is 3.34. The van der Waals surface area contributed by atoms with Crippen molar-refractivity contribution >= 4 is 11.6 Å². The number of halogens is 3. The van der Waals surface area contributed by atoms with Gasteiger partial charge in [0.1, 0.15) is 6.04 Å². The maximum atomic E-state index is 13.7. The molecule has 0 bridgehead atoms. The minimum absolute atomic E-state index is 0.0491. The Morgan fingerprint density at radius 2 is 1.93 bits per heavy atom. The summed E-state index contributed by atoms with van der Waals surface area (Å²) < 4.78 is 42.6. The van der Waals surface area contributed by atoms with Crippen LogP contribution >= 0.6 is 0 Å². The van der Waals surface area contributed by atoms with E-state index in [-0.39, 0.29) is 18.0 Å². The Labute approximate surface area is 156 Å². The van der Waals surface area contributed by atoms with Crippen LogP contribution in [0.2, 0.25) is 0 Å². The fraction of sp³-hybridized carbons (Fsp3) is 0.474. The summed E-state index contributed by atoms with van der Waals surface area (Å²) in [6.07, 6.45) is -3.41. The van der Waals surface area contributed by atoms with Crippen LogP contribution in [0.1, 0.15) is 40.5 Å². The van der Waals surface area contributed by atoms with Gasteiger partial charge in [0.05, 0.1) is 5.69 Å². The first kappa shape index (κ1) is 19.4. The van der Waals surface area contributed by atoms with Crippen LogP contribution in [0.4, 0.5) is 18.9 Å². The molecule has 0 saturated carbocycles. The number of aryl methyl sites for hydroxylation is 3. The summed E-state index contributed by atoms with van der Waals surface area (Å²) in [5, 5.41) is 6.77. The van der Waals surface area contributed by atoms with Crippen LogP contribution in [0, 0.1) is 13.8 Å². The van der Waals surface area contributed by atoms with Gasteiger partial charge in [0, 0.05) is 44.0 Å². The number of rotatable bonds is 4. The Hall–Kier alpha value is -2.35. The summed E-state index contributed by atoms with van der Waals surface area (Å²) in [6.45, 7) is 3.30. The van der Waals surface area contributed by atoms with E-state index in [2.05, 4.69) is 10.4 Å². The van der Waals surface area contributed by atoms with Gasteiger partial charge in [0.25, 0.3) is 0 Å². The van der Waals surface area contributed by atoms with Gasteiger partial charge in [-0.2, -0.15) is 18.3 Å². The SMILES string of the molecule is Cc1nn(C)c(C)c1[C@@H](NCc1ccc2c(c1)CCC(=O)N2C)C(F)(F)F. The fourth-order valence-corrected chi connectivity index (χ4v) is 3.63. The van der Waals surface area contributed by atoms with Crippen molar-refractivity contribution in [2.75, 3.05) is 11.9 Å². The molecule has 0 radical (unpaired) electrons. The zero-order valence-electron chi connectivity index (χ0n) is 15.8. The molecule has 1 aromatic carbocycles. The number of anilines is 1. The van der Waals surface area contributed by atoms with E-state index in [9.17, 15) is 18.0 Å². The lowest BCUT2D eigenvalue weighted by Gasteiger charge is -2.27. The van der Waals surface area contributed by atoms with Gasteiger partial charge < -0.3 is 4.90 Å². The molecule has 1 aliphatic rings. The fourth-order valence-electron chi connectivity index (χ4n) is 3.63. The van der Waals surface area contributed by atoms with E-state index in [0.717, 1.165) is 16.8 Å². The maximum absolute atomic E-state index is 13.7. The Kier molecular flexibility index (Phi) is 5.03. The zero-order chi connectivity index (χ0) is 19.9. The third-order valence-corrected chi connectivity index (χ3v) is 5.18. The monoisotopic (exact) mass is 380 g/mol. The van der Waals surface area contributed by atoms with Crippen molar-refractivity contribution in [2.45, 2.75) is 45.5 Å². The highest BCUT2D eigenvalue weighted by molar-refractivity contribution is 5.95. The quantitative estimate of drug-likeness (QED) is 0.885. The lowest BCUT2D eigenvalue weighted by molar-refractivity contribution is -0.158. The van der Waals surface area contributed by atoms with Crippen molar-refractivity contribution in [3.63, 3.8) is 0 Å². The lowest BCUT2D eigenvalue weighted by Crippen LogP contribution is -2.35. The molecule has 0 fully saturated rings. The first-order chi connectivity index (χ1) is 12.6.